The Bertz CT molecular complexity index is 1660. The van der Waals surface area contributed by atoms with E-state index in [4.69, 9.17) is 24.1 Å². The van der Waals surface area contributed by atoms with Gasteiger partial charge in [0, 0.05) is 4.47 Å². The summed E-state index contributed by atoms with van der Waals surface area (Å²) < 4.78 is 24.3. The zero-order chi connectivity index (χ0) is 29.0. The number of methoxy groups -OCH3 is 1. The number of carbonyl (C=O) groups is 2. The first-order chi connectivity index (χ1) is 19.2. The van der Waals surface area contributed by atoms with E-state index in [1.165, 1.54) is 23.0 Å². The van der Waals surface area contributed by atoms with Crippen molar-refractivity contribution in [2.75, 3.05) is 26.9 Å². The molecule has 1 aliphatic rings. The van der Waals surface area contributed by atoms with Gasteiger partial charge in [0.15, 0.2) is 22.9 Å². The highest BCUT2D eigenvalue weighted by atomic mass is 79.9. The second-order valence-corrected chi connectivity index (χ2v) is 10.4. The fraction of sp³-hybridized carbons (Fsp3) is 0.286. The van der Waals surface area contributed by atoms with Crippen LogP contribution in [0.3, 0.4) is 0 Å². The predicted octanol–water partition coefficient (Wildman–Crippen LogP) is 3.43. The van der Waals surface area contributed by atoms with E-state index in [0.29, 0.717) is 54.5 Å². The fourth-order valence-electron chi connectivity index (χ4n) is 4.23. The number of esters is 1. The number of ether oxygens (including phenoxy) is 4. The van der Waals surface area contributed by atoms with Gasteiger partial charge in [-0.05, 0) is 62.2 Å². The summed E-state index contributed by atoms with van der Waals surface area (Å²) in [6.45, 7) is 5.43. The summed E-state index contributed by atoms with van der Waals surface area (Å²) in [7, 11) is 1.52. The highest BCUT2D eigenvalue weighted by molar-refractivity contribution is 9.10. The normalized spacial score (nSPS) is 14.8. The lowest BCUT2D eigenvalue weighted by molar-refractivity contribution is -0.140. The van der Waals surface area contributed by atoms with Gasteiger partial charge in [-0.15, -0.1) is 0 Å². The van der Waals surface area contributed by atoms with Crippen LogP contribution >= 0.6 is 27.3 Å². The van der Waals surface area contributed by atoms with Crippen LogP contribution in [0.2, 0.25) is 0 Å². The average molecular weight is 632 g/mol. The van der Waals surface area contributed by atoms with E-state index in [1.54, 1.807) is 56.3 Å². The predicted molar refractivity (Wildman–Crippen MR) is 152 cm³/mol. The van der Waals surface area contributed by atoms with Gasteiger partial charge in [0.05, 0.1) is 42.2 Å². The monoisotopic (exact) mass is 630 g/mol. The number of carbonyl (C=O) groups excluding carboxylic acids is 1. The van der Waals surface area contributed by atoms with E-state index in [-0.39, 0.29) is 17.7 Å². The van der Waals surface area contributed by atoms with Gasteiger partial charge in [-0.2, -0.15) is 0 Å². The SMILES string of the molecule is CCOC(=O)C1=C(C)N=c2s/c(=C/c3ccc(OCC(=O)O)cc3)c(=O)n2[C@H]1c1cc(OC)c(OCC)cc1Br. The van der Waals surface area contributed by atoms with Crippen LogP contribution in [0, 0.1) is 0 Å². The maximum Gasteiger partial charge on any atom is 0.341 e. The molecule has 0 saturated heterocycles. The van der Waals surface area contributed by atoms with Crippen molar-refractivity contribution in [2.24, 2.45) is 4.99 Å². The van der Waals surface area contributed by atoms with Crippen molar-refractivity contribution >= 4 is 45.3 Å². The molecule has 0 radical (unpaired) electrons. The number of carboxylic acid groups (broad SMARTS) is 1. The standard InChI is InChI=1S/C28H27BrN2O8S/c1-5-37-21-13-19(29)18(12-20(21)36-4)25-24(27(35)38-6-2)15(3)30-28-31(25)26(34)22(40-28)11-16-7-9-17(10-8-16)39-14-23(32)33/h7-13,25H,5-6,14H2,1-4H3,(H,32,33)/b22-11+/t25-/m0/s1. The number of benzene rings is 2. The van der Waals surface area contributed by atoms with Gasteiger partial charge in [0.2, 0.25) is 0 Å². The van der Waals surface area contributed by atoms with Gasteiger partial charge >= 0.3 is 11.9 Å². The van der Waals surface area contributed by atoms with Crippen molar-refractivity contribution in [1.82, 2.24) is 4.57 Å². The maximum absolute atomic E-state index is 13.9. The Morgan fingerprint density at radius 3 is 2.48 bits per heavy atom. The van der Waals surface area contributed by atoms with Gasteiger partial charge < -0.3 is 24.1 Å². The van der Waals surface area contributed by atoms with E-state index in [9.17, 15) is 14.4 Å². The number of fused-ring (bicyclic) bond motifs is 1. The van der Waals surface area contributed by atoms with Crippen molar-refractivity contribution in [1.29, 1.82) is 0 Å². The van der Waals surface area contributed by atoms with Crippen molar-refractivity contribution in [3.63, 3.8) is 0 Å². The molecular weight excluding hydrogens is 604 g/mol. The Morgan fingerprint density at radius 1 is 1.12 bits per heavy atom. The maximum atomic E-state index is 13.9. The van der Waals surface area contributed by atoms with Crippen LogP contribution in [0.25, 0.3) is 6.08 Å². The second kappa shape index (κ2) is 12.5. The Hall–Kier alpha value is -3.90. The first kappa shape index (κ1) is 29.1. The van der Waals surface area contributed by atoms with Crippen LogP contribution in [0.4, 0.5) is 0 Å². The molecule has 0 spiro atoms. The second-order valence-electron chi connectivity index (χ2n) is 8.51. The summed E-state index contributed by atoms with van der Waals surface area (Å²) >= 11 is 4.80. The molecule has 40 heavy (non-hydrogen) atoms. The van der Waals surface area contributed by atoms with Crippen LogP contribution in [0.15, 0.2) is 61.9 Å². The molecular formula is C28H27BrN2O8S. The van der Waals surface area contributed by atoms with Crippen LogP contribution in [-0.4, -0.2) is 48.5 Å². The number of aromatic nitrogens is 1. The molecule has 210 valence electrons. The molecule has 0 unspecified atom stereocenters. The van der Waals surface area contributed by atoms with Gasteiger partial charge in [0.25, 0.3) is 5.56 Å². The summed E-state index contributed by atoms with van der Waals surface area (Å²) in [6, 6.07) is 9.33. The number of hydrogen-bond acceptors (Lipinski definition) is 9. The first-order valence-corrected chi connectivity index (χ1v) is 13.9. The lowest BCUT2D eigenvalue weighted by Crippen LogP contribution is -2.40. The van der Waals surface area contributed by atoms with E-state index >= 15 is 0 Å². The van der Waals surface area contributed by atoms with Crippen molar-refractivity contribution in [3.05, 3.63) is 83.0 Å². The highest BCUT2D eigenvalue weighted by Gasteiger charge is 2.35. The molecule has 0 aliphatic carbocycles. The third kappa shape index (κ3) is 5.97. The third-order valence-corrected chi connectivity index (χ3v) is 7.60. The summed E-state index contributed by atoms with van der Waals surface area (Å²) in [4.78, 5) is 42.8. The quantitative estimate of drug-likeness (QED) is 0.338. The molecule has 12 heteroatoms. The first-order valence-electron chi connectivity index (χ1n) is 12.3. The van der Waals surface area contributed by atoms with Gasteiger partial charge in [-0.1, -0.05) is 39.4 Å². The Labute approximate surface area is 241 Å². The molecule has 10 nitrogen and oxygen atoms in total. The number of thiazole rings is 1. The minimum absolute atomic E-state index is 0.159. The van der Waals surface area contributed by atoms with E-state index in [2.05, 4.69) is 20.9 Å². The topological polar surface area (TPSA) is 126 Å². The Balaban J connectivity index is 1.88. The number of aliphatic carboxylic acids is 1. The Morgan fingerprint density at radius 2 is 1.85 bits per heavy atom. The molecule has 1 N–H and O–H groups in total. The fourth-order valence-corrected chi connectivity index (χ4v) is 5.82. The van der Waals surface area contributed by atoms with Crippen molar-refractivity contribution < 1.29 is 33.6 Å². The van der Waals surface area contributed by atoms with Crippen LogP contribution in [-0.2, 0) is 14.3 Å². The number of carboxylic acids is 1. The summed E-state index contributed by atoms with van der Waals surface area (Å²) in [6.07, 6.45) is 1.71. The number of allylic oxidation sites excluding steroid dienone is 1. The van der Waals surface area contributed by atoms with Crippen LogP contribution in [0.1, 0.15) is 37.9 Å². The average Bonchev–Trinajstić information content (AvgIpc) is 3.22. The minimum Gasteiger partial charge on any atom is -0.493 e. The van der Waals surface area contributed by atoms with Crippen LogP contribution in [0.5, 0.6) is 17.2 Å². The molecule has 0 bridgehead atoms. The molecule has 2 heterocycles. The third-order valence-electron chi connectivity index (χ3n) is 5.93. The summed E-state index contributed by atoms with van der Waals surface area (Å²) in [5.41, 5.74) is 1.65. The van der Waals surface area contributed by atoms with Gasteiger partial charge in [-0.3, -0.25) is 9.36 Å². The molecule has 4 rings (SSSR count). The molecule has 0 fully saturated rings. The lowest BCUT2D eigenvalue weighted by atomic mass is 9.95. The zero-order valence-corrected chi connectivity index (χ0v) is 24.6. The largest absolute Gasteiger partial charge is 0.493 e. The number of nitrogens with zero attached hydrogens (tertiary/aromatic N) is 2. The molecule has 1 aromatic heterocycles. The lowest BCUT2D eigenvalue weighted by Gasteiger charge is -2.26. The molecule has 3 aromatic rings. The summed E-state index contributed by atoms with van der Waals surface area (Å²) in [5, 5.41) is 8.80. The molecule has 1 atom stereocenters. The van der Waals surface area contributed by atoms with Crippen molar-refractivity contribution in [2.45, 2.75) is 26.8 Å². The molecule has 1 aliphatic heterocycles. The number of hydrogen-bond donors (Lipinski definition) is 1. The van der Waals surface area contributed by atoms with Gasteiger partial charge in [0.1, 0.15) is 5.75 Å². The van der Waals surface area contributed by atoms with E-state index < -0.39 is 24.6 Å². The minimum atomic E-state index is -1.07. The molecule has 2 aromatic carbocycles. The smallest absolute Gasteiger partial charge is 0.341 e. The number of halogens is 1. The van der Waals surface area contributed by atoms with Gasteiger partial charge in [-0.25, -0.2) is 14.6 Å². The Kier molecular flexibility index (Phi) is 9.10. The van der Waals surface area contributed by atoms with E-state index in [1.807, 2.05) is 6.92 Å². The number of rotatable bonds is 10. The van der Waals surface area contributed by atoms with E-state index in [0.717, 1.165) is 0 Å². The molecule has 0 amide bonds. The van der Waals surface area contributed by atoms with Crippen molar-refractivity contribution in [3.8, 4) is 17.2 Å². The zero-order valence-electron chi connectivity index (χ0n) is 22.2. The highest BCUT2D eigenvalue weighted by Crippen LogP contribution is 2.41. The summed E-state index contributed by atoms with van der Waals surface area (Å²) in [5.74, 6) is -0.286. The van der Waals surface area contributed by atoms with Crippen LogP contribution < -0.4 is 29.1 Å². The molecule has 0 saturated carbocycles.